The molecule has 19 heavy (non-hydrogen) atoms. The minimum Gasteiger partial charge on any atom is -0.496 e. The normalized spacial score (nSPS) is 12.3. The lowest BCUT2D eigenvalue weighted by molar-refractivity contribution is 0.410. The number of halogens is 3. The summed E-state index contributed by atoms with van der Waals surface area (Å²) in [5, 5.41) is 0.410. The molecule has 0 radical (unpaired) electrons. The molecule has 1 unspecified atom stereocenters. The Morgan fingerprint density at radius 3 is 2.53 bits per heavy atom. The molecule has 1 nitrogen and oxygen atoms in total. The van der Waals surface area contributed by atoms with Crippen molar-refractivity contribution in [2.24, 2.45) is 0 Å². The van der Waals surface area contributed by atoms with Gasteiger partial charge in [-0.05, 0) is 59.3 Å². The summed E-state index contributed by atoms with van der Waals surface area (Å²) in [5.74, 6) is 0.793. The number of ether oxygens (including phenoxy) is 1. The van der Waals surface area contributed by atoms with Crippen LogP contribution in [-0.4, -0.2) is 7.11 Å². The van der Waals surface area contributed by atoms with Crippen LogP contribution in [0, 0.1) is 10.5 Å². The van der Waals surface area contributed by atoms with Crippen molar-refractivity contribution in [3.63, 3.8) is 0 Å². The maximum atomic E-state index is 6.62. The van der Waals surface area contributed by atoms with E-state index in [1.165, 1.54) is 0 Å². The number of hydrogen-bond acceptors (Lipinski definition) is 1. The molecule has 1 atom stereocenters. The monoisotopic (exact) mass is 406 g/mol. The van der Waals surface area contributed by atoms with Crippen LogP contribution in [0.15, 0.2) is 36.4 Å². The van der Waals surface area contributed by atoms with Gasteiger partial charge in [0.15, 0.2) is 0 Å². The zero-order valence-electron chi connectivity index (χ0n) is 10.6. The van der Waals surface area contributed by atoms with Crippen LogP contribution in [0.1, 0.15) is 22.1 Å². The summed E-state index contributed by atoms with van der Waals surface area (Å²) in [4.78, 5) is 0. The Kier molecular flexibility index (Phi) is 4.98. The van der Waals surface area contributed by atoms with Crippen LogP contribution in [0.25, 0.3) is 0 Å². The third kappa shape index (κ3) is 3.36. The summed E-state index contributed by atoms with van der Waals surface area (Å²) in [5.41, 5.74) is 3.11. The first kappa shape index (κ1) is 14.9. The highest BCUT2D eigenvalue weighted by atomic mass is 127. The molecule has 100 valence electrons. The van der Waals surface area contributed by atoms with Gasteiger partial charge < -0.3 is 4.74 Å². The van der Waals surface area contributed by atoms with Crippen molar-refractivity contribution in [1.29, 1.82) is 0 Å². The smallest absolute Gasteiger partial charge is 0.123 e. The zero-order valence-corrected chi connectivity index (χ0v) is 14.3. The van der Waals surface area contributed by atoms with Crippen LogP contribution >= 0.6 is 45.8 Å². The Labute approximate surface area is 137 Å². The van der Waals surface area contributed by atoms with E-state index in [9.17, 15) is 0 Å². The second-order valence-corrected chi connectivity index (χ2v) is 6.31. The van der Waals surface area contributed by atoms with Gasteiger partial charge in [0, 0.05) is 14.2 Å². The fraction of sp³-hybridized carbons (Fsp3) is 0.200. The molecule has 2 aromatic rings. The van der Waals surface area contributed by atoms with E-state index in [-0.39, 0.29) is 5.38 Å². The number of methoxy groups -OCH3 is 1. The van der Waals surface area contributed by atoms with Crippen LogP contribution in [-0.2, 0) is 0 Å². The fourth-order valence-electron chi connectivity index (χ4n) is 1.93. The van der Waals surface area contributed by atoms with Gasteiger partial charge in [-0.2, -0.15) is 0 Å². The predicted octanol–water partition coefficient (Wildman–Crippen LogP) is 5.59. The van der Waals surface area contributed by atoms with Crippen molar-refractivity contribution in [3.05, 3.63) is 61.7 Å². The minimum atomic E-state index is -0.277. The molecule has 0 heterocycles. The van der Waals surface area contributed by atoms with E-state index in [1.54, 1.807) is 7.11 Å². The summed E-state index contributed by atoms with van der Waals surface area (Å²) in [6, 6.07) is 11.7. The first-order valence-electron chi connectivity index (χ1n) is 5.76. The van der Waals surface area contributed by atoms with Gasteiger partial charge >= 0.3 is 0 Å². The lowest BCUT2D eigenvalue weighted by Crippen LogP contribution is -2.00. The van der Waals surface area contributed by atoms with Crippen LogP contribution in [0.3, 0.4) is 0 Å². The predicted molar refractivity (Wildman–Crippen MR) is 89.6 cm³/mol. The topological polar surface area (TPSA) is 9.23 Å². The van der Waals surface area contributed by atoms with E-state index < -0.39 is 0 Å². The fourth-order valence-corrected chi connectivity index (χ4v) is 3.29. The highest BCUT2D eigenvalue weighted by molar-refractivity contribution is 14.1. The van der Waals surface area contributed by atoms with Crippen LogP contribution in [0.5, 0.6) is 5.75 Å². The summed E-state index contributed by atoms with van der Waals surface area (Å²) in [6.07, 6.45) is 0. The van der Waals surface area contributed by atoms with Crippen molar-refractivity contribution >= 4 is 45.8 Å². The first-order chi connectivity index (χ1) is 9.02. The van der Waals surface area contributed by atoms with Gasteiger partial charge in [0.2, 0.25) is 0 Å². The van der Waals surface area contributed by atoms with Crippen molar-refractivity contribution in [3.8, 4) is 5.75 Å². The largest absolute Gasteiger partial charge is 0.496 e. The SMILES string of the molecule is COc1ccc(C)cc1C(Cl)c1cc(Cl)ccc1I. The van der Waals surface area contributed by atoms with E-state index in [0.717, 1.165) is 26.0 Å². The Bertz CT molecular complexity index is 599. The van der Waals surface area contributed by atoms with E-state index in [4.69, 9.17) is 27.9 Å². The van der Waals surface area contributed by atoms with Gasteiger partial charge in [-0.15, -0.1) is 11.6 Å². The van der Waals surface area contributed by atoms with Gasteiger partial charge in [-0.1, -0.05) is 29.3 Å². The van der Waals surface area contributed by atoms with E-state index in [0.29, 0.717) is 5.02 Å². The highest BCUT2D eigenvalue weighted by Crippen LogP contribution is 2.38. The summed E-state index contributed by atoms with van der Waals surface area (Å²) in [7, 11) is 1.65. The molecule has 0 bridgehead atoms. The standard InChI is InChI=1S/C15H13Cl2IO/c1-9-3-6-14(19-2)12(7-9)15(17)11-8-10(16)4-5-13(11)18/h3-8,15H,1-2H3. The van der Waals surface area contributed by atoms with E-state index in [2.05, 4.69) is 22.6 Å². The highest BCUT2D eigenvalue weighted by Gasteiger charge is 2.18. The first-order valence-corrected chi connectivity index (χ1v) is 7.66. The van der Waals surface area contributed by atoms with Gasteiger partial charge in [-0.25, -0.2) is 0 Å². The summed E-state index contributed by atoms with van der Waals surface area (Å²) >= 11 is 14.9. The molecule has 0 aromatic heterocycles. The zero-order chi connectivity index (χ0) is 14.0. The second-order valence-electron chi connectivity index (χ2n) is 4.27. The van der Waals surface area contributed by atoms with Crippen molar-refractivity contribution < 1.29 is 4.74 Å². The summed E-state index contributed by atoms with van der Waals surface area (Å²) in [6.45, 7) is 2.04. The molecule has 0 aliphatic rings. The average molecular weight is 407 g/mol. The quantitative estimate of drug-likeness (QED) is 0.476. The number of aryl methyl sites for hydroxylation is 1. The van der Waals surface area contributed by atoms with E-state index in [1.807, 2.05) is 43.3 Å². The Balaban J connectivity index is 2.51. The number of rotatable bonds is 3. The summed E-state index contributed by atoms with van der Waals surface area (Å²) < 4.78 is 6.48. The molecular formula is C15H13Cl2IO. The van der Waals surface area contributed by atoms with Crippen LogP contribution < -0.4 is 4.74 Å². The van der Waals surface area contributed by atoms with Gasteiger partial charge in [-0.3, -0.25) is 0 Å². The third-order valence-corrected chi connectivity index (χ3v) is 4.58. The lowest BCUT2D eigenvalue weighted by atomic mass is 10.0. The maximum Gasteiger partial charge on any atom is 0.123 e. The minimum absolute atomic E-state index is 0.277. The average Bonchev–Trinajstić information content (AvgIpc) is 2.40. The molecule has 2 aromatic carbocycles. The molecule has 0 fully saturated rings. The maximum absolute atomic E-state index is 6.62. The molecule has 4 heteroatoms. The Morgan fingerprint density at radius 2 is 1.84 bits per heavy atom. The molecule has 0 saturated carbocycles. The molecule has 0 spiro atoms. The molecular weight excluding hydrogens is 394 g/mol. The molecule has 0 N–H and O–H groups in total. The van der Waals surface area contributed by atoms with Crippen molar-refractivity contribution in [1.82, 2.24) is 0 Å². The Morgan fingerprint density at radius 1 is 1.11 bits per heavy atom. The lowest BCUT2D eigenvalue weighted by Gasteiger charge is -2.16. The molecule has 0 amide bonds. The van der Waals surface area contributed by atoms with E-state index >= 15 is 0 Å². The third-order valence-electron chi connectivity index (χ3n) is 2.89. The molecule has 2 rings (SSSR count). The van der Waals surface area contributed by atoms with Gasteiger partial charge in [0.1, 0.15) is 5.75 Å². The second kappa shape index (κ2) is 6.33. The van der Waals surface area contributed by atoms with Crippen LogP contribution in [0.2, 0.25) is 5.02 Å². The number of hydrogen-bond donors (Lipinski definition) is 0. The van der Waals surface area contributed by atoms with Crippen LogP contribution in [0.4, 0.5) is 0 Å². The molecule has 0 saturated heterocycles. The van der Waals surface area contributed by atoms with Gasteiger partial charge in [0.25, 0.3) is 0 Å². The van der Waals surface area contributed by atoms with Crippen molar-refractivity contribution in [2.45, 2.75) is 12.3 Å². The number of benzene rings is 2. The molecule has 0 aliphatic carbocycles. The van der Waals surface area contributed by atoms with Gasteiger partial charge in [0.05, 0.1) is 12.5 Å². The Hall–Kier alpha value is -0.450. The van der Waals surface area contributed by atoms with Crippen molar-refractivity contribution in [2.75, 3.05) is 7.11 Å². The number of alkyl halides is 1. The molecule has 0 aliphatic heterocycles.